The maximum Gasteiger partial charge on any atom is 0.254 e. The molecular weight excluding hydrogens is 304 g/mol. The van der Waals surface area contributed by atoms with Gasteiger partial charge in [-0.15, -0.1) is 0 Å². The van der Waals surface area contributed by atoms with Gasteiger partial charge in [0.1, 0.15) is 5.82 Å². The molecule has 1 aromatic carbocycles. The normalized spacial score (nSPS) is 10.5. The van der Waals surface area contributed by atoms with Gasteiger partial charge in [0.15, 0.2) is 0 Å². The lowest BCUT2D eigenvalue weighted by atomic mass is 10.1. The molecule has 0 fully saturated rings. The Balaban J connectivity index is 2.07. The molecule has 0 saturated heterocycles. The fraction of sp³-hybridized carbons (Fsp3) is 0.389. The van der Waals surface area contributed by atoms with E-state index in [0.29, 0.717) is 24.2 Å². The summed E-state index contributed by atoms with van der Waals surface area (Å²) < 4.78 is 2.01. The van der Waals surface area contributed by atoms with E-state index < -0.39 is 0 Å². The summed E-state index contributed by atoms with van der Waals surface area (Å²) in [6, 6.07) is 7.02. The van der Waals surface area contributed by atoms with E-state index in [9.17, 15) is 9.59 Å². The Morgan fingerprint density at radius 1 is 1.29 bits per heavy atom. The standard InChI is InChI=1S/C18H24N4O2/c1-4-7-17(23)20-15-9-6-8-14(12-15)18(24)21(3)13-16-19-10-11-22(16)5-2/h6,8-12H,4-5,7,13H2,1-3H3,(H,20,23). The number of hydrogen-bond acceptors (Lipinski definition) is 3. The van der Waals surface area contributed by atoms with Gasteiger partial charge >= 0.3 is 0 Å². The van der Waals surface area contributed by atoms with E-state index in [1.165, 1.54) is 0 Å². The molecule has 0 aliphatic rings. The largest absolute Gasteiger partial charge is 0.334 e. The minimum Gasteiger partial charge on any atom is -0.334 e. The lowest BCUT2D eigenvalue weighted by molar-refractivity contribution is -0.116. The Morgan fingerprint density at radius 3 is 2.79 bits per heavy atom. The highest BCUT2D eigenvalue weighted by Crippen LogP contribution is 2.14. The molecule has 0 atom stereocenters. The van der Waals surface area contributed by atoms with Crippen molar-refractivity contribution < 1.29 is 9.59 Å². The van der Waals surface area contributed by atoms with Gasteiger partial charge in [0.05, 0.1) is 6.54 Å². The first-order valence-electron chi connectivity index (χ1n) is 8.20. The third kappa shape index (κ3) is 4.44. The smallest absolute Gasteiger partial charge is 0.254 e. The van der Waals surface area contributed by atoms with Crippen LogP contribution in [0.1, 0.15) is 42.9 Å². The Kier molecular flexibility index (Phi) is 6.12. The quantitative estimate of drug-likeness (QED) is 0.850. The molecule has 128 valence electrons. The first kappa shape index (κ1) is 17.7. The minimum atomic E-state index is -0.104. The fourth-order valence-electron chi connectivity index (χ4n) is 2.46. The number of nitrogens with one attached hydrogen (secondary N) is 1. The van der Waals surface area contributed by atoms with Crippen molar-refractivity contribution in [1.82, 2.24) is 14.5 Å². The number of nitrogens with zero attached hydrogens (tertiary/aromatic N) is 3. The molecule has 1 aromatic heterocycles. The van der Waals surface area contributed by atoms with Gasteiger partial charge in [-0.25, -0.2) is 4.98 Å². The first-order chi connectivity index (χ1) is 11.5. The number of carbonyl (C=O) groups excluding carboxylic acids is 2. The number of aromatic nitrogens is 2. The summed E-state index contributed by atoms with van der Waals surface area (Å²) in [5.41, 5.74) is 1.18. The Morgan fingerprint density at radius 2 is 2.08 bits per heavy atom. The van der Waals surface area contributed by atoms with Crippen LogP contribution in [-0.4, -0.2) is 33.3 Å². The van der Waals surface area contributed by atoms with Crippen molar-refractivity contribution in [2.24, 2.45) is 0 Å². The molecule has 0 aliphatic heterocycles. The maximum absolute atomic E-state index is 12.6. The molecule has 2 amide bonds. The van der Waals surface area contributed by atoms with Crippen LogP contribution >= 0.6 is 0 Å². The lowest BCUT2D eigenvalue weighted by Gasteiger charge is -2.18. The lowest BCUT2D eigenvalue weighted by Crippen LogP contribution is -2.27. The average molecular weight is 328 g/mol. The third-order valence-electron chi connectivity index (χ3n) is 3.74. The van der Waals surface area contributed by atoms with Crippen molar-refractivity contribution in [3.63, 3.8) is 0 Å². The van der Waals surface area contributed by atoms with Crippen molar-refractivity contribution in [3.05, 3.63) is 48.0 Å². The molecular formula is C18H24N4O2. The molecule has 24 heavy (non-hydrogen) atoms. The van der Waals surface area contributed by atoms with E-state index in [4.69, 9.17) is 0 Å². The second-order valence-electron chi connectivity index (χ2n) is 5.67. The van der Waals surface area contributed by atoms with Gasteiger partial charge in [-0.2, -0.15) is 0 Å². The van der Waals surface area contributed by atoms with E-state index >= 15 is 0 Å². The van der Waals surface area contributed by atoms with Gasteiger partial charge in [0.2, 0.25) is 5.91 Å². The van der Waals surface area contributed by atoms with E-state index in [1.54, 1.807) is 42.4 Å². The zero-order valence-corrected chi connectivity index (χ0v) is 14.5. The van der Waals surface area contributed by atoms with Crippen molar-refractivity contribution in [3.8, 4) is 0 Å². The summed E-state index contributed by atoms with van der Waals surface area (Å²) >= 11 is 0. The molecule has 0 bridgehead atoms. The molecule has 6 nitrogen and oxygen atoms in total. The summed E-state index contributed by atoms with van der Waals surface area (Å²) in [7, 11) is 1.75. The van der Waals surface area contributed by atoms with Crippen LogP contribution in [0, 0.1) is 0 Å². The molecule has 2 aromatic rings. The van der Waals surface area contributed by atoms with E-state index in [-0.39, 0.29) is 11.8 Å². The highest BCUT2D eigenvalue weighted by Gasteiger charge is 2.15. The van der Waals surface area contributed by atoms with Crippen molar-refractivity contribution in [2.75, 3.05) is 12.4 Å². The maximum atomic E-state index is 12.6. The van der Waals surface area contributed by atoms with Crippen molar-refractivity contribution in [2.45, 2.75) is 39.8 Å². The summed E-state index contributed by atoms with van der Waals surface area (Å²) in [5, 5.41) is 2.81. The van der Waals surface area contributed by atoms with Gasteiger partial charge in [0.25, 0.3) is 5.91 Å². The van der Waals surface area contributed by atoms with Crippen LogP contribution in [0.3, 0.4) is 0 Å². The van der Waals surface area contributed by atoms with Crippen LogP contribution in [0.25, 0.3) is 0 Å². The number of hydrogen-bond donors (Lipinski definition) is 1. The monoisotopic (exact) mass is 328 g/mol. The average Bonchev–Trinajstić information content (AvgIpc) is 3.01. The number of benzene rings is 1. The minimum absolute atomic E-state index is 0.0413. The topological polar surface area (TPSA) is 67.2 Å². The second kappa shape index (κ2) is 8.29. The van der Waals surface area contributed by atoms with E-state index in [2.05, 4.69) is 10.3 Å². The number of rotatable bonds is 7. The Labute approximate surface area is 142 Å². The van der Waals surface area contributed by atoms with E-state index in [0.717, 1.165) is 18.8 Å². The summed E-state index contributed by atoms with van der Waals surface area (Å²) in [4.78, 5) is 30.2. The van der Waals surface area contributed by atoms with Gasteiger partial charge in [-0.3, -0.25) is 9.59 Å². The molecule has 0 unspecified atom stereocenters. The van der Waals surface area contributed by atoms with Gasteiger partial charge in [-0.1, -0.05) is 13.0 Å². The zero-order chi connectivity index (χ0) is 17.5. The number of amides is 2. The first-order valence-corrected chi connectivity index (χ1v) is 8.20. The van der Waals surface area contributed by atoms with Crippen LogP contribution < -0.4 is 5.32 Å². The molecule has 2 rings (SSSR count). The molecule has 1 N–H and O–H groups in total. The second-order valence-corrected chi connectivity index (χ2v) is 5.67. The van der Waals surface area contributed by atoms with Gasteiger partial charge in [-0.05, 0) is 31.5 Å². The Bertz CT molecular complexity index is 709. The van der Waals surface area contributed by atoms with E-state index in [1.807, 2.05) is 24.6 Å². The van der Waals surface area contributed by atoms with Crippen LogP contribution in [0.4, 0.5) is 5.69 Å². The van der Waals surface area contributed by atoms with Crippen LogP contribution in [0.15, 0.2) is 36.7 Å². The molecule has 6 heteroatoms. The Hall–Kier alpha value is -2.63. The highest BCUT2D eigenvalue weighted by atomic mass is 16.2. The van der Waals surface area contributed by atoms with Crippen molar-refractivity contribution in [1.29, 1.82) is 0 Å². The predicted molar refractivity (Wildman–Crippen MR) is 93.7 cm³/mol. The van der Waals surface area contributed by atoms with Crippen molar-refractivity contribution >= 4 is 17.5 Å². The highest BCUT2D eigenvalue weighted by molar-refractivity contribution is 5.97. The fourth-order valence-corrected chi connectivity index (χ4v) is 2.46. The third-order valence-corrected chi connectivity index (χ3v) is 3.74. The molecule has 1 heterocycles. The molecule has 0 saturated carbocycles. The number of carbonyl (C=O) groups is 2. The number of imidazole rings is 1. The van der Waals surface area contributed by atoms with Crippen LogP contribution in [0.5, 0.6) is 0 Å². The van der Waals surface area contributed by atoms with Gasteiger partial charge < -0.3 is 14.8 Å². The van der Waals surface area contributed by atoms with Crippen LogP contribution in [-0.2, 0) is 17.9 Å². The molecule has 0 aliphatic carbocycles. The summed E-state index contributed by atoms with van der Waals surface area (Å²) in [6.07, 6.45) is 4.90. The van der Waals surface area contributed by atoms with Crippen LogP contribution in [0.2, 0.25) is 0 Å². The SMILES string of the molecule is CCCC(=O)Nc1cccc(C(=O)N(C)Cc2nccn2CC)c1. The molecule has 0 radical (unpaired) electrons. The predicted octanol–water partition coefficient (Wildman–Crippen LogP) is 2.91. The number of aryl methyl sites for hydroxylation is 1. The molecule has 0 spiro atoms. The summed E-state index contributed by atoms with van der Waals surface area (Å²) in [5.74, 6) is 0.702. The number of anilines is 1. The van der Waals surface area contributed by atoms with Gasteiger partial charge in [0, 0.05) is 43.7 Å². The summed E-state index contributed by atoms with van der Waals surface area (Å²) in [6.45, 7) is 5.24. The zero-order valence-electron chi connectivity index (χ0n) is 14.5.